The van der Waals surface area contributed by atoms with Crippen LogP contribution < -0.4 is 10.1 Å². The molecule has 8 nitrogen and oxygen atoms in total. The largest absolute Gasteiger partial charge is 0.496 e. The minimum atomic E-state index is -0.345. The van der Waals surface area contributed by atoms with Crippen LogP contribution in [0.4, 0.5) is 5.88 Å². The number of thioether (sulfide) groups is 1. The van der Waals surface area contributed by atoms with E-state index in [4.69, 9.17) is 13.6 Å². The second-order valence-corrected chi connectivity index (χ2v) is 6.44. The number of anilines is 1. The van der Waals surface area contributed by atoms with Gasteiger partial charge in [0.15, 0.2) is 0 Å². The summed E-state index contributed by atoms with van der Waals surface area (Å²) in [5.74, 6) is 1.34. The van der Waals surface area contributed by atoms with Gasteiger partial charge in [0.1, 0.15) is 23.1 Å². The SMILES string of the molecule is COc1ccccc1-c1nnc(SCC(=O)Nc2oc(C)c(C)c2C#N)o1. The maximum Gasteiger partial charge on any atom is 0.277 e. The van der Waals surface area contributed by atoms with E-state index < -0.39 is 0 Å². The van der Waals surface area contributed by atoms with Gasteiger partial charge in [-0.25, -0.2) is 0 Å². The van der Waals surface area contributed by atoms with Crippen LogP contribution in [0.15, 0.2) is 38.3 Å². The number of para-hydroxylation sites is 1. The smallest absolute Gasteiger partial charge is 0.277 e. The molecule has 0 atom stereocenters. The van der Waals surface area contributed by atoms with Crippen molar-refractivity contribution >= 4 is 23.6 Å². The fourth-order valence-electron chi connectivity index (χ4n) is 2.34. The summed E-state index contributed by atoms with van der Waals surface area (Å²) < 4.78 is 16.3. The monoisotopic (exact) mass is 384 g/mol. The molecule has 0 aliphatic rings. The van der Waals surface area contributed by atoms with Gasteiger partial charge in [0.25, 0.3) is 11.1 Å². The zero-order valence-electron chi connectivity index (χ0n) is 14.9. The number of ether oxygens (including phenoxy) is 1. The Bertz CT molecular complexity index is 1020. The molecule has 0 saturated heterocycles. The number of aromatic nitrogens is 2. The second kappa shape index (κ2) is 7.97. The van der Waals surface area contributed by atoms with E-state index in [0.29, 0.717) is 34.1 Å². The molecule has 0 radical (unpaired) electrons. The van der Waals surface area contributed by atoms with Crippen LogP contribution in [0.25, 0.3) is 11.5 Å². The third-order valence-electron chi connectivity index (χ3n) is 3.82. The molecule has 2 aromatic heterocycles. The molecule has 1 amide bonds. The molecule has 9 heteroatoms. The molecule has 3 aromatic rings. The van der Waals surface area contributed by atoms with Crippen LogP contribution in [0.2, 0.25) is 0 Å². The minimum Gasteiger partial charge on any atom is -0.496 e. The van der Waals surface area contributed by atoms with E-state index in [2.05, 4.69) is 15.5 Å². The number of nitrogens with zero attached hydrogens (tertiary/aromatic N) is 3. The van der Waals surface area contributed by atoms with E-state index in [-0.39, 0.29) is 22.8 Å². The summed E-state index contributed by atoms with van der Waals surface area (Å²) in [6.07, 6.45) is 0. The third kappa shape index (κ3) is 3.96. The van der Waals surface area contributed by atoms with Crippen molar-refractivity contribution in [2.75, 3.05) is 18.2 Å². The first kappa shape index (κ1) is 18.5. The van der Waals surface area contributed by atoms with Gasteiger partial charge in [0, 0.05) is 5.56 Å². The first-order valence-electron chi connectivity index (χ1n) is 7.93. The number of carbonyl (C=O) groups is 1. The molecule has 1 aromatic carbocycles. The minimum absolute atomic E-state index is 0.0250. The highest BCUT2D eigenvalue weighted by atomic mass is 32.2. The summed E-state index contributed by atoms with van der Waals surface area (Å²) >= 11 is 1.08. The van der Waals surface area contributed by atoms with E-state index in [1.165, 1.54) is 0 Å². The number of hydrogen-bond acceptors (Lipinski definition) is 8. The van der Waals surface area contributed by atoms with Gasteiger partial charge in [-0.15, -0.1) is 10.2 Å². The number of methoxy groups -OCH3 is 1. The van der Waals surface area contributed by atoms with E-state index in [1.54, 1.807) is 33.1 Å². The number of amides is 1. The van der Waals surface area contributed by atoms with Crippen molar-refractivity contribution < 1.29 is 18.4 Å². The summed E-state index contributed by atoms with van der Waals surface area (Å²) in [4.78, 5) is 12.1. The van der Waals surface area contributed by atoms with Crippen LogP contribution in [0, 0.1) is 25.2 Å². The van der Waals surface area contributed by atoms with Gasteiger partial charge in [0.05, 0.1) is 18.4 Å². The number of furan rings is 1. The molecule has 0 aliphatic heterocycles. The molecule has 2 heterocycles. The van der Waals surface area contributed by atoms with Crippen LogP contribution >= 0.6 is 11.8 Å². The number of rotatable bonds is 6. The van der Waals surface area contributed by atoms with Gasteiger partial charge in [-0.05, 0) is 26.0 Å². The zero-order chi connectivity index (χ0) is 19.4. The second-order valence-electron chi connectivity index (χ2n) is 5.51. The molecular formula is C18H16N4O4S. The average Bonchev–Trinajstić information content (AvgIpc) is 3.25. The number of carbonyl (C=O) groups excluding carboxylic acids is 1. The van der Waals surface area contributed by atoms with E-state index in [0.717, 1.165) is 11.8 Å². The lowest BCUT2D eigenvalue weighted by atomic mass is 10.2. The highest BCUT2D eigenvalue weighted by molar-refractivity contribution is 7.99. The molecule has 0 spiro atoms. The molecule has 3 rings (SSSR count). The van der Waals surface area contributed by atoms with Crippen molar-refractivity contribution in [2.45, 2.75) is 19.1 Å². The van der Waals surface area contributed by atoms with Crippen molar-refractivity contribution in [3.8, 4) is 23.3 Å². The topological polar surface area (TPSA) is 114 Å². The van der Waals surface area contributed by atoms with E-state index in [1.807, 2.05) is 18.2 Å². The first-order valence-corrected chi connectivity index (χ1v) is 8.91. The molecule has 138 valence electrons. The van der Waals surface area contributed by atoms with Gasteiger partial charge in [-0.2, -0.15) is 5.26 Å². The Morgan fingerprint density at radius 1 is 1.30 bits per heavy atom. The Kier molecular flexibility index (Phi) is 5.47. The molecular weight excluding hydrogens is 368 g/mol. The Morgan fingerprint density at radius 2 is 2.07 bits per heavy atom. The van der Waals surface area contributed by atoms with Gasteiger partial charge < -0.3 is 13.6 Å². The van der Waals surface area contributed by atoms with Crippen LogP contribution in [-0.4, -0.2) is 29.0 Å². The van der Waals surface area contributed by atoms with Crippen LogP contribution in [-0.2, 0) is 4.79 Å². The molecule has 27 heavy (non-hydrogen) atoms. The lowest BCUT2D eigenvalue weighted by Crippen LogP contribution is -2.14. The lowest BCUT2D eigenvalue weighted by molar-refractivity contribution is -0.113. The normalized spacial score (nSPS) is 10.4. The van der Waals surface area contributed by atoms with E-state index in [9.17, 15) is 10.1 Å². The predicted molar refractivity (Wildman–Crippen MR) is 98.5 cm³/mol. The predicted octanol–water partition coefficient (Wildman–Crippen LogP) is 3.56. The molecule has 0 aliphatic carbocycles. The number of benzene rings is 1. The number of nitrogens with one attached hydrogen (secondary N) is 1. The summed E-state index contributed by atoms with van der Waals surface area (Å²) in [5.41, 5.74) is 1.70. The van der Waals surface area contributed by atoms with Gasteiger partial charge in [-0.1, -0.05) is 23.9 Å². The Morgan fingerprint density at radius 3 is 2.81 bits per heavy atom. The van der Waals surface area contributed by atoms with Crippen LogP contribution in [0.1, 0.15) is 16.9 Å². The van der Waals surface area contributed by atoms with Crippen LogP contribution in [0.3, 0.4) is 0 Å². The molecule has 0 bridgehead atoms. The van der Waals surface area contributed by atoms with Crippen molar-refractivity contribution in [2.24, 2.45) is 0 Å². The molecule has 1 N–H and O–H groups in total. The molecule has 0 fully saturated rings. The third-order valence-corrected chi connectivity index (χ3v) is 4.64. The Hall–Kier alpha value is -3.25. The number of hydrogen-bond donors (Lipinski definition) is 1. The van der Waals surface area contributed by atoms with Crippen molar-refractivity contribution in [3.63, 3.8) is 0 Å². The summed E-state index contributed by atoms with van der Waals surface area (Å²) in [6, 6.07) is 9.30. The highest BCUT2D eigenvalue weighted by Gasteiger charge is 2.18. The fraction of sp³-hybridized carbons (Fsp3) is 0.222. The van der Waals surface area contributed by atoms with Crippen molar-refractivity contribution in [3.05, 3.63) is 41.2 Å². The highest BCUT2D eigenvalue weighted by Crippen LogP contribution is 2.30. The molecule has 0 unspecified atom stereocenters. The van der Waals surface area contributed by atoms with Crippen LogP contribution in [0.5, 0.6) is 5.75 Å². The van der Waals surface area contributed by atoms with Gasteiger partial charge in [0.2, 0.25) is 11.8 Å². The maximum atomic E-state index is 12.1. The standard InChI is InChI=1S/C18H16N4O4S/c1-10-11(2)25-16(13(10)8-19)20-15(23)9-27-18-22-21-17(26-18)12-6-4-5-7-14(12)24-3/h4-7H,9H2,1-3H3,(H,20,23). The first-order chi connectivity index (χ1) is 13.0. The number of aryl methyl sites for hydroxylation is 1. The zero-order valence-corrected chi connectivity index (χ0v) is 15.7. The Balaban J connectivity index is 1.64. The lowest BCUT2D eigenvalue weighted by Gasteiger charge is -2.03. The fourth-order valence-corrected chi connectivity index (χ4v) is 2.90. The van der Waals surface area contributed by atoms with E-state index >= 15 is 0 Å². The summed E-state index contributed by atoms with van der Waals surface area (Å²) in [5, 5.41) is 19.9. The van der Waals surface area contributed by atoms with Crippen molar-refractivity contribution in [1.82, 2.24) is 10.2 Å². The average molecular weight is 384 g/mol. The quantitative estimate of drug-likeness (QED) is 0.642. The molecule has 0 saturated carbocycles. The Labute approximate surface area is 159 Å². The van der Waals surface area contributed by atoms with Gasteiger partial charge >= 0.3 is 0 Å². The maximum absolute atomic E-state index is 12.1. The van der Waals surface area contributed by atoms with Gasteiger partial charge in [-0.3, -0.25) is 10.1 Å². The summed E-state index contributed by atoms with van der Waals surface area (Å²) in [6.45, 7) is 3.50. The van der Waals surface area contributed by atoms with Crippen molar-refractivity contribution in [1.29, 1.82) is 5.26 Å². The summed E-state index contributed by atoms with van der Waals surface area (Å²) in [7, 11) is 1.56. The number of nitriles is 1.